The molecule has 6 heteroatoms. The fraction of sp³-hybridized carbons (Fsp3) is 0.462. The molecule has 0 spiro atoms. The van der Waals surface area contributed by atoms with E-state index in [9.17, 15) is 4.39 Å². The molecule has 0 aromatic heterocycles. The molecule has 1 aromatic carbocycles. The number of hydrogen-bond acceptors (Lipinski definition) is 4. The number of thiocarbonyl (C=S) groups is 1. The summed E-state index contributed by atoms with van der Waals surface area (Å²) in [6.45, 7) is 4.68. The number of benzene rings is 1. The number of ether oxygens (including phenoxy) is 2. The Hall–Kier alpha value is -1.24. The Kier molecular flexibility index (Phi) is 5.07. The van der Waals surface area contributed by atoms with Crippen LogP contribution < -0.4 is 10.5 Å². The van der Waals surface area contributed by atoms with Crippen LogP contribution in [-0.4, -0.2) is 49.3 Å². The van der Waals surface area contributed by atoms with Crippen molar-refractivity contribution >= 4 is 17.2 Å². The Morgan fingerprint density at radius 3 is 2.79 bits per heavy atom. The molecule has 1 aliphatic rings. The van der Waals surface area contributed by atoms with Gasteiger partial charge in [-0.1, -0.05) is 12.2 Å². The van der Waals surface area contributed by atoms with Crippen LogP contribution in [0.3, 0.4) is 0 Å². The van der Waals surface area contributed by atoms with E-state index in [0.29, 0.717) is 12.4 Å². The van der Waals surface area contributed by atoms with Gasteiger partial charge in [-0.15, -0.1) is 0 Å². The van der Waals surface area contributed by atoms with Gasteiger partial charge in [0.15, 0.2) is 0 Å². The lowest BCUT2D eigenvalue weighted by Gasteiger charge is -2.26. The molecule has 1 aliphatic heterocycles. The molecule has 0 saturated carbocycles. The number of nitrogens with two attached hydrogens (primary N) is 1. The van der Waals surface area contributed by atoms with Crippen molar-refractivity contribution < 1.29 is 13.9 Å². The van der Waals surface area contributed by atoms with E-state index in [1.165, 1.54) is 6.07 Å². The fourth-order valence-corrected chi connectivity index (χ4v) is 2.07. The van der Waals surface area contributed by atoms with Gasteiger partial charge in [0.25, 0.3) is 0 Å². The molecule has 2 N–H and O–H groups in total. The summed E-state index contributed by atoms with van der Waals surface area (Å²) in [6.07, 6.45) is 0. The molecular formula is C13H17FN2O2S. The maximum Gasteiger partial charge on any atom is 0.137 e. The number of nitrogens with zero attached hydrogens (tertiary/aromatic N) is 1. The summed E-state index contributed by atoms with van der Waals surface area (Å²) >= 11 is 4.74. The maximum absolute atomic E-state index is 13.6. The minimum Gasteiger partial charge on any atom is -0.492 e. The van der Waals surface area contributed by atoms with Gasteiger partial charge in [0.2, 0.25) is 0 Å². The van der Waals surface area contributed by atoms with Gasteiger partial charge in [-0.25, -0.2) is 4.39 Å². The Morgan fingerprint density at radius 1 is 1.42 bits per heavy atom. The van der Waals surface area contributed by atoms with Crippen LogP contribution in [0.15, 0.2) is 18.2 Å². The average Bonchev–Trinajstić information content (AvgIpc) is 2.39. The smallest absolute Gasteiger partial charge is 0.137 e. The van der Waals surface area contributed by atoms with Gasteiger partial charge in [-0.05, 0) is 12.1 Å². The van der Waals surface area contributed by atoms with Crippen molar-refractivity contribution in [1.82, 2.24) is 4.90 Å². The molecule has 2 rings (SSSR count). The van der Waals surface area contributed by atoms with E-state index >= 15 is 0 Å². The second kappa shape index (κ2) is 6.79. The minimum absolute atomic E-state index is 0.0531. The average molecular weight is 284 g/mol. The Morgan fingerprint density at radius 2 is 2.16 bits per heavy atom. The zero-order chi connectivity index (χ0) is 13.7. The molecule has 104 valence electrons. The summed E-state index contributed by atoms with van der Waals surface area (Å²) in [4.78, 5) is 2.31. The predicted molar refractivity (Wildman–Crippen MR) is 75.0 cm³/mol. The van der Waals surface area contributed by atoms with E-state index in [-0.39, 0.29) is 10.6 Å². The third-order valence-electron chi connectivity index (χ3n) is 2.99. The molecule has 1 saturated heterocycles. The second-order valence-electron chi connectivity index (χ2n) is 4.31. The quantitative estimate of drug-likeness (QED) is 0.823. The molecule has 1 aromatic rings. The van der Waals surface area contributed by atoms with E-state index in [1.54, 1.807) is 12.1 Å². The van der Waals surface area contributed by atoms with Crippen LogP contribution in [0.25, 0.3) is 0 Å². The lowest BCUT2D eigenvalue weighted by Crippen LogP contribution is -2.38. The zero-order valence-electron chi connectivity index (χ0n) is 10.6. The SMILES string of the molecule is NC(=S)c1ccc(OCCN2CCOCC2)cc1F. The first kappa shape index (κ1) is 14.2. The van der Waals surface area contributed by atoms with Crippen LogP contribution in [0.1, 0.15) is 5.56 Å². The van der Waals surface area contributed by atoms with Gasteiger partial charge in [-0.2, -0.15) is 0 Å². The van der Waals surface area contributed by atoms with E-state index in [2.05, 4.69) is 4.90 Å². The number of rotatable bonds is 5. The number of halogens is 1. The second-order valence-corrected chi connectivity index (χ2v) is 4.75. The third-order valence-corrected chi connectivity index (χ3v) is 3.21. The molecule has 19 heavy (non-hydrogen) atoms. The third kappa shape index (κ3) is 4.12. The van der Waals surface area contributed by atoms with Gasteiger partial charge < -0.3 is 15.2 Å². The van der Waals surface area contributed by atoms with E-state index < -0.39 is 5.82 Å². The Labute approximate surface area is 117 Å². The predicted octanol–water partition coefficient (Wildman–Crippen LogP) is 1.17. The summed E-state index contributed by atoms with van der Waals surface area (Å²) in [5, 5.41) is 0. The highest BCUT2D eigenvalue weighted by molar-refractivity contribution is 7.80. The van der Waals surface area contributed by atoms with Crippen LogP contribution in [0.5, 0.6) is 5.75 Å². The maximum atomic E-state index is 13.6. The monoisotopic (exact) mass is 284 g/mol. The minimum atomic E-state index is -0.448. The van der Waals surface area contributed by atoms with Crippen molar-refractivity contribution in [3.8, 4) is 5.75 Å². The molecule has 0 amide bonds. The van der Waals surface area contributed by atoms with E-state index in [0.717, 1.165) is 32.8 Å². The normalized spacial score (nSPS) is 16.3. The summed E-state index contributed by atoms with van der Waals surface area (Å²) in [5.74, 6) is 0.0436. The summed E-state index contributed by atoms with van der Waals surface area (Å²) in [6, 6.07) is 4.53. The first-order chi connectivity index (χ1) is 9.16. The molecular weight excluding hydrogens is 267 g/mol. The van der Waals surface area contributed by atoms with Crippen molar-refractivity contribution in [3.63, 3.8) is 0 Å². The molecule has 0 atom stereocenters. The Bertz CT molecular complexity index is 450. The van der Waals surface area contributed by atoms with Crippen molar-refractivity contribution in [2.24, 2.45) is 5.73 Å². The topological polar surface area (TPSA) is 47.7 Å². The van der Waals surface area contributed by atoms with E-state index in [1.807, 2.05) is 0 Å². The largest absolute Gasteiger partial charge is 0.492 e. The molecule has 0 unspecified atom stereocenters. The van der Waals surface area contributed by atoms with Gasteiger partial charge in [0.1, 0.15) is 23.2 Å². The van der Waals surface area contributed by atoms with Gasteiger partial charge in [0, 0.05) is 31.3 Å². The first-order valence-corrected chi connectivity index (χ1v) is 6.60. The zero-order valence-corrected chi connectivity index (χ0v) is 11.4. The first-order valence-electron chi connectivity index (χ1n) is 6.19. The Balaban J connectivity index is 1.82. The summed E-state index contributed by atoms with van der Waals surface area (Å²) in [7, 11) is 0. The molecule has 0 radical (unpaired) electrons. The number of hydrogen-bond donors (Lipinski definition) is 1. The van der Waals surface area contributed by atoms with Crippen LogP contribution in [0, 0.1) is 5.82 Å². The number of morpholine rings is 1. The highest BCUT2D eigenvalue weighted by atomic mass is 32.1. The highest BCUT2D eigenvalue weighted by Gasteiger charge is 2.10. The molecule has 0 aliphatic carbocycles. The standard InChI is InChI=1S/C13H17FN2O2S/c14-12-9-10(1-2-11(12)13(15)19)18-8-5-16-3-6-17-7-4-16/h1-2,9H,3-8H2,(H2,15,19). The highest BCUT2D eigenvalue weighted by Crippen LogP contribution is 2.16. The molecule has 1 fully saturated rings. The van der Waals surface area contributed by atoms with Crippen LogP contribution in [-0.2, 0) is 4.74 Å². The van der Waals surface area contributed by atoms with Crippen molar-refractivity contribution in [2.45, 2.75) is 0 Å². The van der Waals surface area contributed by atoms with Gasteiger partial charge >= 0.3 is 0 Å². The van der Waals surface area contributed by atoms with Crippen LogP contribution in [0.2, 0.25) is 0 Å². The lowest BCUT2D eigenvalue weighted by atomic mass is 10.2. The summed E-state index contributed by atoms with van der Waals surface area (Å²) < 4.78 is 24.4. The van der Waals surface area contributed by atoms with Crippen LogP contribution in [0.4, 0.5) is 4.39 Å². The fourth-order valence-electron chi connectivity index (χ4n) is 1.90. The van der Waals surface area contributed by atoms with Crippen molar-refractivity contribution in [2.75, 3.05) is 39.5 Å². The van der Waals surface area contributed by atoms with Crippen LogP contribution >= 0.6 is 12.2 Å². The molecule has 0 bridgehead atoms. The van der Waals surface area contributed by atoms with E-state index in [4.69, 9.17) is 27.4 Å². The van der Waals surface area contributed by atoms with Crippen molar-refractivity contribution in [1.29, 1.82) is 0 Å². The lowest BCUT2D eigenvalue weighted by molar-refractivity contribution is 0.0322. The van der Waals surface area contributed by atoms with Crippen molar-refractivity contribution in [3.05, 3.63) is 29.6 Å². The molecule has 1 heterocycles. The van der Waals surface area contributed by atoms with Gasteiger partial charge in [-0.3, -0.25) is 4.90 Å². The molecule has 4 nitrogen and oxygen atoms in total. The summed E-state index contributed by atoms with van der Waals surface area (Å²) in [5.41, 5.74) is 5.64. The van der Waals surface area contributed by atoms with Gasteiger partial charge in [0.05, 0.1) is 13.2 Å².